The Bertz CT molecular complexity index is 685. The number of ketones is 1. The molecule has 0 radical (unpaired) electrons. The van der Waals surface area contributed by atoms with Crippen molar-refractivity contribution in [2.75, 3.05) is 0 Å². The van der Waals surface area contributed by atoms with E-state index >= 15 is 0 Å². The lowest BCUT2D eigenvalue weighted by atomic mass is 10.2. The van der Waals surface area contributed by atoms with Crippen molar-refractivity contribution < 1.29 is 9.18 Å². The van der Waals surface area contributed by atoms with Crippen molar-refractivity contribution in [1.29, 1.82) is 0 Å². The SMILES string of the molecule is O=C(c1ccc[nH]1)c1cc2c(F)cccc2s1. The van der Waals surface area contributed by atoms with Gasteiger partial charge in [-0.15, -0.1) is 11.3 Å². The Kier molecular flexibility index (Phi) is 2.30. The van der Waals surface area contributed by atoms with E-state index in [2.05, 4.69) is 4.98 Å². The van der Waals surface area contributed by atoms with Crippen LogP contribution >= 0.6 is 11.3 Å². The van der Waals surface area contributed by atoms with Crippen LogP contribution in [0.2, 0.25) is 0 Å². The van der Waals surface area contributed by atoms with E-state index in [-0.39, 0.29) is 11.6 Å². The smallest absolute Gasteiger partial charge is 0.219 e. The zero-order chi connectivity index (χ0) is 11.8. The fourth-order valence-electron chi connectivity index (χ4n) is 1.74. The van der Waals surface area contributed by atoms with E-state index in [0.717, 1.165) is 4.70 Å². The first kappa shape index (κ1) is 10.2. The quantitative estimate of drug-likeness (QED) is 0.687. The second kappa shape index (κ2) is 3.82. The van der Waals surface area contributed by atoms with Gasteiger partial charge in [0.05, 0.1) is 10.6 Å². The van der Waals surface area contributed by atoms with Crippen molar-refractivity contribution in [3.63, 3.8) is 0 Å². The van der Waals surface area contributed by atoms with Gasteiger partial charge in [0.25, 0.3) is 0 Å². The summed E-state index contributed by atoms with van der Waals surface area (Å²) >= 11 is 1.31. The molecule has 2 aromatic heterocycles. The molecule has 0 amide bonds. The molecule has 3 rings (SSSR count). The predicted molar refractivity (Wildman–Crippen MR) is 66.0 cm³/mol. The largest absolute Gasteiger partial charge is 0.358 e. The number of H-pyrrole nitrogens is 1. The van der Waals surface area contributed by atoms with Crippen molar-refractivity contribution in [1.82, 2.24) is 4.98 Å². The first-order valence-electron chi connectivity index (χ1n) is 5.12. The number of thiophene rings is 1. The Hall–Kier alpha value is -1.94. The molecule has 17 heavy (non-hydrogen) atoms. The molecule has 0 saturated carbocycles. The van der Waals surface area contributed by atoms with Crippen molar-refractivity contribution in [2.45, 2.75) is 0 Å². The molecule has 3 aromatic rings. The van der Waals surface area contributed by atoms with Gasteiger partial charge in [0, 0.05) is 16.3 Å². The average molecular weight is 245 g/mol. The van der Waals surface area contributed by atoms with Crippen LogP contribution in [-0.2, 0) is 0 Å². The lowest BCUT2D eigenvalue weighted by Gasteiger charge is -1.91. The van der Waals surface area contributed by atoms with Crippen LogP contribution in [0.1, 0.15) is 15.4 Å². The second-order valence-electron chi connectivity index (χ2n) is 3.68. The predicted octanol–water partition coefficient (Wildman–Crippen LogP) is 3.60. The summed E-state index contributed by atoms with van der Waals surface area (Å²) in [6.07, 6.45) is 1.70. The number of hydrogen-bond donors (Lipinski definition) is 1. The number of aromatic amines is 1. The van der Waals surface area contributed by atoms with E-state index in [1.807, 2.05) is 6.07 Å². The maximum absolute atomic E-state index is 13.5. The molecule has 1 N–H and O–H groups in total. The summed E-state index contributed by atoms with van der Waals surface area (Å²) in [6, 6.07) is 9.95. The van der Waals surface area contributed by atoms with E-state index < -0.39 is 0 Å². The van der Waals surface area contributed by atoms with Gasteiger partial charge in [-0.3, -0.25) is 4.79 Å². The molecule has 0 saturated heterocycles. The molecule has 0 aliphatic carbocycles. The van der Waals surface area contributed by atoms with Crippen LogP contribution in [0.3, 0.4) is 0 Å². The molecule has 0 aliphatic heterocycles. The van der Waals surface area contributed by atoms with E-state index in [1.54, 1.807) is 30.5 Å². The number of hydrogen-bond acceptors (Lipinski definition) is 2. The molecule has 0 aliphatic rings. The number of rotatable bonds is 2. The summed E-state index contributed by atoms with van der Waals surface area (Å²) in [6.45, 7) is 0. The summed E-state index contributed by atoms with van der Waals surface area (Å²) in [4.78, 5) is 15.5. The number of benzene rings is 1. The summed E-state index contributed by atoms with van der Waals surface area (Å²) < 4.78 is 14.3. The first-order valence-corrected chi connectivity index (χ1v) is 5.93. The zero-order valence-corrected chi connectivity index (χ0v) is 9.55. The van der Waals surface area contributed by atoms with Gasteiger partial charge in [-0.1, -0.05) is 6.07 Å². The fraction of sp³-hybridized carbons (Fsp3) is 0. The Morgan fingerprint density at radius 1 is 1.24 bits per heavy atom. The molecule has 0 bridgehead atoms. The minimum Gasteiger partial charge on any atom is -0.358 e. The topological polar surface area (TPSA) is 32.9 Å². The molecule has 1 aromatic carbocycles. The van der Waals surface area contributed by atoms with Crippen molar-refractivity contribution in [2.24, 2.45) is 0 Å². The number of nitrogens with one attached hydrogen (secondary N) is 1. The van der Waals surface area contributed by atoms with Gasteiger partial charge in [0.15, 0.2) is 0 Å². The summed E-state index contributed by atoms with van der Waals surface area (Å²) in [5.74, 6) is -0.389. The van der Waals surface area contributed by atoms with Crippen LogP contribution in [0, 0.1) is 5.82 Å². The molecule has 0 spiro atoms. The van der Waals surface area contributed by atoms with Gasteiger partial charge in [0.2, 0.25) is 5.78 Å². The number of halogens is 1. The Morgan fingerprint density at radius 2 is 2.12 bits per heavy atom. The molecule has 4 heteroatoms. The summed E-state index contributed by atoms with van der Waals surface area (Å²) in [5.41, 5.74) is 0.525. The normalized spacial score (nSPS) is 10.9. The van der Waals surface area contributed by atoms with Crippen LogP contribution in [0.15, 0.2) is 42.6 Å². The summed E-state index contributed by atoms with van der Waals surface area (Å²) in [7, 11) is 0. The van der Waals surface area contributed by atoms with Crippen LogP contribution < -0.4 is 0 Å². The highest BCUT2D eigenvalue weighted by molar-refractivity contribution is 7.21. The number of aromatic nitrogens is 1. The Labute approximate surface area is 101 Å². The number of carbonyl (C=O) groups is 1. The van der Waals surface area contributed by atoms with E-state index in [9.17, 15) is 9.18 Å². The lowest BCUT2D eigenvalue weighted by Crippen LogP contribution is -1.97. The van der Waals surface area contributed by atoms with Gasteiger partial charge in [-0.2, -0.15) is 0 Å². The highest BCUT2D eigenvalue weighted by Gasteiger charge is 2.14. The van der Waals surface area contributed by atoms with Crippen molar-refractivity contribution in [3.8, 4) is 0 Å². The van der Waals surface area contributed by atoms with E-state index in [0.29, 0.717) is 16.0 Å². The number of fused-ring (bicyclic) bond motifs is 1. The zero-order valence-electron chi connectivity index (χ0n) is 8.74. The lowest BCUT2D eigenvalue weighted by molar-refractivity contribution is 0.103. The second-order valence-corrected chi connectivity index (χ2v) is 4.76. The monoisotopic (exact) mass is 245 g/mol. The van der Waals surface area contributed by atoms with Gasteiger partial charge < -0.3 is 4.98 Å². The van der Waals surface area contributed by atoms with Crippen LogP contribution in [0.25, 0.3) is 10.1 Å². The molecular formula is C13H8FNOS. The van der Waals surface area contributed by atoms with Gasteiger partial charge in [-0.05, 0) is 30.3 Å². The maximum atomic E-state index is 13.5. The van der Waals surface area contributed by atoms with Gasteiger partial charge in [0.1, 0.15) is 5.82 Å². The average Bonchev–Trinajstić information content (AvgIpc) is 2.98. The third-order valence-corrected chi connectivity index (χ3v) is 3.67. The molecular weight excluding hydrogens is 237 g/mol. The molecule has 2 heterocycles. The molecule has 0 unspecified atom stereocenters. The van der Waals surface area contributed by atoms with E-state index in [4.69, 9.17) is 0 Å². The Balaban J connectivity index is 2.13. The molecule has 84 valence electrons. The number of carbonyl (C=O) groups excluding carboxylic acids is 1. The highest BCUT2D eigenvalue weighted by atomic mass is 32.1. The first-order chi connectivity index (χ1) is 8.25. The van der Waals surface area contributed by atoms with Gasteiger partial charge >= 0.3 is 0 Å². The minimum absolute atomic E-state index is 0.101. The van der Waals surface area contributed by atoms with Crippen LogP contribution in [0.4, 0.5) is 4.39 Å². The third kappa shape index (κ3) is 1.66. The minimum atomic E-state index is -0.288. The summed E-state index contributed by atoms with van der Waals surface area (Å²) in [5, 5.41) is 0.507. The molecule has 0 fully saturated rings. The van der Waals surface area contributed by atoms with Gasteiger partial charge in [-0.25, -0.2) is 4.39 Å². The van der Waals surface area contributed by atoms with Crippen LogP contribution in [-0.4, -0.2) is 10.8 Å². The van der Waals surface area contributed by atoms with E-state index in [1.165, 1.54) is 17.4 Å². The maximum Gasteiger partial charge on any atom is 0.219 e. The van der Waals surface area contributed by atoms with Crippen molar-refractivity contribution in [3.05, 3.63) is 59.0 Å². The molecule has 0 atom stereocenters. The van der Waals surface area contributed by atoms with Crippen molar-refractivity contribution >= 4 is 27.2 Å². The third-order valence-electron chi connectivity index (χ3n) is 2.57. The fourth-order valence-corrected chi connectivity index (χ4v) is 2.77. The molecule has 2 nitrogen and oxygen atoms in total. The standard InChI is InChI=1S/C13H8FNOS/c14-9-3-1-5-11-8(9)7-12(17-11)13(16)10-4-2-6-15-10/h1-7,15H. The highest BCUT2D eigenvalue weighted by Crippen LogP contribution is 2.28. The Morgan fingerprint density at radius 3 is 2.82 bits per heavy atom. The van der Waals surface area contributed by atoms with Crippen LogP contribution in [0.5, 0.6) is 0 Å².